The SMILES string of the molecule is CC1=Nc2cc([C@@H]3Cc4ccccc4CN3C(=O)c3cc(C)ccc3NS(C)(=O)=O)nn2C(N(C)C)C1C. The van der Waals surface area contributed by atoms with Gasteiger partial charge < -0.3 is 4.90 Å². The van der Waals surface area contributed by atoms with Crippen LogP contribution in [-0.2, 0) is 23.0 Å². The number of rotatable bonds is 5. The van der Waals surface area contributed by atoms with E-state index in [1.165, 1.54) is 5.56 Å². The molecule has 3 heterocycles. The minimum Gasteiger partial charge on any atom is -0.325 e. The monoisotopic (exact) mass is 534 g/mol. The second kappa shape index (κ2) is 9.67. The molecule has 2 unspecified atom stereocenters. The fourth-order valence-corrected chi connectivity index (χ4v) is 6.08. The van der Waals surface area contributed by atoms with E-state index in [9.17, 15) is 13.2 Å². The lowest BCUT2D eigenvalue weighted by atomic mass is 9.91. The van der Waals surface area contributed by atoms with E-state index in [2.05, 4.69) is 22.6 Å². The first-order chi connectivity index (χ1) is 17.9. The van der Waals surface area contributed by atoms with Crippen LogP contribution < -0.4 is 4.72 Å². The molecule has 2 aliphatic rings. The summed E-state index contributed by atoms with van der Waals surface area (Å²) < 4.78 is 28.6. The second-order valence-corrected chi connectivity index (χ2v) is 12.4. The third kappa shape index (κ3) is 4.86. The Kier molecular flexibility index (Phi) is 6.65. The molecule has 9 nitrogen and oxygen atoms in total. The van der Waals surface area contributed by atoms with Crippen LogP contribution in [0.5, 0.6) is 0 Å². The van der Waals surface area contributed by atoms with Crippen LogP contribution in [0.15, 0.2) is 53.5 Å². The van der Waals surface area contributed by atoms with Crippen LogP contribution in [0, 0.1) is 12.8 Å². The third-order valence-electron chi connectivity index (χ3n) is 7.46. The predicted molar refractivity (Wildman–Crippen MR) is 149 cm³/mol. The molecule has 3 aromatic rings. The maximum Gasteiger partial charge on any atom is 0.256 e. The molecule has 0 radical (unpaired) electrons. The number of fused-ring (bicyclic) bond motifs is 2. The van der Waals surface area contributed by atoms with Gasteiger partial charge in [0.25, 0.3) is 5.91 Å². The molecular weight excluding hydrogens is 500 g/mol. The average molecular weight is 535 g/mol. The van der Waals surface area contributed by atoms with Gasteiger partial charge in [-0.05, 0) is 57.6 Å². The molecule has 5 rings (SSSR count). The molecule has 2 aliphatic heterocycles. The number of hydrogen-bond donors (Lipinski definition) is 1. The predicted octanol–water partition coefficient (Wildman–Crippen LogP) is 4.31. The van der Waals surface area contributed by atoms with Crippen molar-refractivity contribution in [2.24, 2.45) is 10.9 Å². The van der Waals surface area contributed by atoms with Gasteiger partial charge in [0.05, 0.1) is 29.2 Å². The molecule has 0 saturated carbocycles. The van der Waals surface area contributed by atoms with Crippen molar-refractivity contribution in [3.63, 3.8) is 0 Å². The molecule has 2 aromatic carbocycles. The minimum absolute atomic E-state index is 0.0126. The Morgan fingerprint density at radius 1 is 1.08 bits per heavy atom. The van der Waals surface area contributed by atoms with Crippen molar-refractivity contribution in [1.29, 1.82) is 0 Å². The number of carbonyl (C=O) groups excluding carboxylic acids is 1. The van der Waals surface area contributed by atoms with Gasteiger partial charge in [0, 0.05) is 24.2 Å². The van der Waals surface area contributed by atoms with Gasteiger partial charge in [0.15, 0.2) is 5.82 Å². The highest BCUT2D eigenvalue weighted by Crippen LogP contribution is 2.39. The number of carbonyl (C=O) groups is 1. The van der Waals surface area contributed by atoms with Crippen molar-refractivity contribution in [1.82, 2.24) is 19.6 Å². The third-order valence-corrected chi connectivity index (χ3v) is 8.05. The summed E-state index contributed by atoms with van der Waals surface area (Å²) in [5.41, 5.74) is 5.50. The highest BCUT2D eigenvalue weighted by Gasteiger charge is 2.37. The van der Waals surface area contributed by atoms with Crippen molar-refractivity contribution in [3.05, 3.63) is 76.5 Å². The van der Waals surface area contributed by atoms with E-state index >= 15 is 0 Å². The molecule has 3 atom stereocenters. The van der Waals surface area contributed by atoms with Crippen molar-refractivity contribution in [2.75, 3.05) is 25.1 Å². The zero-order chi connectivity index (χ0) is 27.4. The molecule has 38 heavy (non-hydrogen) atoms. The molecule has 0 aliphatic carbocycles. The van der Waals surface area contributed by atoms with Gasteiger partial charge in [-0.3, -0.25) is 14.4 Å². The van der Waals surface area contributed by atoms with Crippen molar-refractivity contribution >= 4 is 33.1 Å². The minimum atomic E-state index is -3.57. The smallest absolute Gasteiger partial charge is 0.256 e. The Morgan fingerprint density at radius 3 is 2.47 bits per heavy atom. The first-order valence-electron chi connectivity index (χ1n) is 12.7. The van der Waals surface area contributed by atoms with E-state index in [4.69, 9.17) is 10.1 Å². The molecule has 1 amide bonds. The molecule has 0 spiro atoms. The van der Waals surface area contributed by atoms with Crippen LogP contribution in [0.25, 0.3) is 0 Å². The average Bonchev–Trinajstić information content (AvgIpc) is 3.26. The van der Waals surface area contributed by atoms with Crippen LogP contribution in [0.2, 0.25) is 0 Å². The summed E-state index contributed by atoms with van der Waals surface area (Å²) in [6, 6.07) is 14.9. The Labute approximate surface area is 224 Å². The molecule has 0 bridgehead atoms. The maximum atomic E-state index is 14.2. The van der Waals surface area contributed by atoms with E-state index < -0.39 is 10.0 Å². The van der Waals surface area contributed by atoms with Gasteiger partial charge >= 0.3 is 0 Å². The van der Waals surface area contributed by atoms with Gasteiger partial charge in [-0.15, -0.1) is 0 Å². The Hall–Kier alpha value is -3.50. The fourth-order valence-electron chi connectivity index (χ4n) is 5.50. The molecule has 10 heteroatoms. The summed E-state index contributed by atoms with van der Waals surface area (Å²) in [6.45, 7) is 6.47. The highest BCUT2D eigenvalue weighted by atomic mass is 32.2. The van der Waals surface area contributed by atoms with Crippen molar-refractivity contribution in [2.45, 2.75) is 45.9 Å². The summed E-state index contributed by atoms with van der Waals surface area (Å²) in [5.74, 6) is 0.713. The summed E-state index contributed by atoms with van der Waals surface area (Å²) in [5, 5.41) is 5.02. The number of benzene rings is 2. The standard InChI is InChI=1S/C28H34N6O3S/c1-17-11-12-23(31-38(6,36)37)22(13-17)28(35)33-16-21-10-8-7-9-20(21)14-25(33)24-15-26-29-19(3)18(2)27(32(4)5)34(26)30-24/h7-13,15,18,25,27,31H,14,16H2,1-6H3/t18?,25-,27?/m0/s1. The number of nitrogens with one attached hydrogen (secondary N) is 1. The van der Waals surface area contributed by atoms with Crippen LogP contribution >= 0.6 is 0 Å². The number of aromatic nitrogens is 2. The van der Waals surface area contributed by atoms with E-state index in [0.29, 0.717) is 18.5 Å². The van der Waals surface area contributed by atoms with E-state index in [1.807, 2.05) is 61.8 Å². The molecule has 0 fully saturated rings. The molecule has 0 saturated heterocycles. The zero-order valence-electron chi connectivity index (χ0n) is 22.6. The van der Waals surface area contributed by atoms with Gasteiger partial charge in [-0.2, -0.15) is 5.10 Å². The van der Waals surface area contributed by atoms with Crippen molar-refractivity contribution < 1.29 is 13.2 Å². The Balaban J connectivity index is 1.61. The first kappa shape index (κ1) is 26.1. The summed E-state index contributed by atoms with van der Waals surface area (Å²) in [7, 11) is 0.493. The first-order valence-corrected chi connectivity index (χ1v) is 14.6. The fraction of sp³-hybridized carbons (Fsp3) is 0.393. The maximum absolute atomic E-state index is 14.2. The van der Waals surface area contributed by atoms with E-state index in [1.54, 1.807) is 18.2 Å². The summed E-state index contributed by atoms with van der Waals surface area (Å²) in [6.07, 6.45) is 1.70. The number of aliphatic imine (C=N–C) groups is 1. The van der Waals surface area contributed by atoms with Gasteiger partial charge in [0.1, 0.15) is 6.17 Å². The van der Waals surface area contributed by atoms with E-state index in [0.717, 1.165) is 34.6 Å². The van der Waals surface area contributed by atoms with Crippen LogP contribution in [0.3, 0.4) is 0 Å². The van der Waals surface area contributed by atoms with Crippen molar-refractivity contribution in [3.8, 4) is 0 Å². The number of anilines is 1. The number of amides is 1. The highest BCUT2D eigenvalue weighted by molar-refractivity contribution is 7.92. The summed E-state index contributed by atoms with van der Waals surface area (Å²) >= 11 is 0. The number of aryl methyl sites for hydroxylation is 1. The quantitative estimate of drug-likeness (QED) is 0.526. The van der Waals surface area contributed by atoms with Crippen LogP contribution in [-0.4, -0.2) is 60.0 Å². The lowest BCUT2D eigenvalue weighted by Crippen LogP contribution is -2.40. The van der Waals surface area contributed by atoms with Gasteiger partial charge in [-0.1, -0.05) is 42.8 Å². The number of hydrogen-bond acceptors (Lipinski definition) is 6. The molecule has 1 N–H and O–H groups in total. The van der Waals surface area contributed by atoms with Gasteiger partial charge in [0.2, 0.25) is 10.0 Å². The lowest BCUT2D eigenvalue weighted by molar-refractivity contribution is 0.0631. The normalized spacial score (nSPS) is 21.1. The topological polar surface area (TPSA) is 99.9 Å². The van der Waals surface area contributed by atoms with Gasteiger partial charge in [-0.25, -0.2) is 18.1 Å². The molecule has 1 aromatic heterocycles. The van der Waals surface area contributed by atoms with Crippen LogP contribution in [0.4, 0.5) is 11.5 Å². The molecular formula is C28H34N6O3S. The van der Waals surface area contributed by atoms with Crippen LogP contribution in [0.1, 0.15) is 58.8 Å². The largest absolute Gasteiger partial charge is 0.325 e. The molecule has 200 valence electrons. The second-order valence-electron chi connectivity index (χ2n) is 10.6. The van der Waals surface area contributed by atoms with E-state index in [-0.39, 0.29) is 29.7 Å². The Bertz CT molecular complexity index is 1540. The Morgan fingerprint density at radius 2 is 1.79 bits per heavy atom. The number of sulfonamides is 1. The zero-order valence-corrected chi connectivity index (χ0v) is 23.5. The lowest BCUT2D eigenvalue weighted by Gasteiger charge is -2.37. The summed E-state index contributed by atoms with van der Waals surface area (Å²) in [4.78, 5) is 23.0. The number of nitrogens with zero attached hydrogens (tertiary/aromatic N) is 5.